The first-order valence-electron chi connectivity index (χ1n) is 6.74. The summed E-state index contributed by atoms with van der Waals surface area (Å²) < 4.78 is 0. The van der Waals surface area contributed by atoms with Crippen molar-refractivity contribution in [1.29, 1.82) is 0 Å². The highest BCUT2D eigenvalue weighted by molar-refractivity contribution is 5.93. The molecule has 0 radical (unpaired) electrons. The van der Waals surface area contributed by atoms with Crippen LogP contribution in [0.5, 0.6) is 0 Å². The molecule has 1 aliphatic rings. The zero-order valence-electron chi connectivity index (χ0n) is 11.6. The number of carbonyl (C=O) groups excluding carboxylic acids is 1. The van der Waals surface area contributed by atoms with Gasteiger partial charge in [-0.15, -0.1) is 0 Å². The van der Waals surface area contributed by atoms with E-state index in [0.29, 0.717) is 25.8 Å². The molecule has 21 heavy (non-hydrogen) atoms. The molecule has 8 nitrogen and oxygen atoms in total. The number of aliphatic carboxylic acids is 1. The summed E-state index contributed by atoms with van der Waals surface area (Å²) in [5.41, 5.74) is -2.49. The lowest BCUT2D eigenvalue weighted by Gasteiger charge is -2.24. The van der Waals surface area contributed by atoms with Gasteiger partial charge in [-0.05, 0) is 12.8 Å². The third-order valence-electron chi connectivity index (χ3n) is 3.81. The number of nitrogens with one attached hydrogen (secondary N) is 2. The zero-order valence-corrected chi connectivity index (χ0v) is 11.6. The van der Waals surface area contributed by atoms with E-state index in [1.165, 1.54) is 4.90 Å². The van der Waals surface area contributed by atoms with E-state index in [4.69, 9.17) is 0 Å². The van der Waals surface area contributed by atoms with Gasteiger partial charge in [-0.25, -0.2) is 4.79 Å². The average molecular weight is 295 g/mol. The van der Waals surface area contributed by atoms with Crippen LogP contribution in [0.3, 0.4) is 0 Å². The number of carboxylic acids is 1. The maximum Gasteiger partial charge on any atom is 0.326 e. The summed E-state index contributed by atoms with van der Waals surface area (Å²) in [6, 6.07) is 1.00. The quantitative estimate of drug-likeness (QED) is 0.708. The van der Waals surface area contributed by atoms with Crippen molar-refractivity contribution < 1.29 is 14.7 Å². The van der Waals surface area contributed by atoms with E-state index in [1.807, 2.05) is 11.9 Å². The van der Waals surface area contributed by atoms with Crippen LogP contribution in [0.4, 0.5) is 0 Å². The van der Waals surface area contributed by atoms with Crippen LogP contribution in [0.2, 0.25) is 0 Å². The van der Waals surface area contributed by atoms with Crippen LogP contribution in [0.25, 0.3) is 0 Å². The van der Waals surface area contributed by atoms with Crippen molar-refractivity contribution in [2.45, 2.75) is 26.2 Å². The van der Waals surface area contributed by atoms with E-state index < -0.39 is 28.5 Å². The number of amides is 1. The first-order chi connectivity index (χ1) is 9.88. The lowest BCUT2D eigenvalue weighted by atomic mass is 9.83. The highest BCUT2D eigenvalue weighted by atomic mass is 16.4. The number of nitrogens with zero attached hydrogens (tertiary/aromatic N) is 1. The minimum atomic E-state index is -0.939. The molecular formula is C13H17N3O5. The molecule has 2 rings (SSSR count). The van der Waals surface area contributed by atoms with E-state index in [2.05, 4.69) is 4.98 Å². The van der Waals surface area contributed by atoms with Gasteiger partial charge in [0.2, 0.25) is 0 Å². The molecule has 1 aromatic rings. The van der Waals surface area contributed by atoms with Gasteiger partial charge in [-0.2, -0.15) is 0 Å². The van der Waals surface area contributed by atoms with Gasteiger partial charge in [0.15, 0.2) is 0 Å². The van der Waals surface area contributed by atoms with Gasteiger partial charge >= 0.3 is 11.7 Å². The molecule has 8 heteroatoms. The second-order valence-electron chi connectivity index (χ2n) is 5.31. The van der Waals surface area contributed by atoms with E-state index in [1.54, 1.807) is 0 Å². The summed E-state index contributed by atoms with van der Waals surface area (Å²) >= 11 is 0. The molecule has 0 bridgehead atoms. The monoisotopic (exact) mass is 295 g/mol. The zero-order chi connectivity index (χ0) is 15.6. The highest BCUT2D eigenvalue weighted by Crippen LogP contribution is 2.35. The smallest absolute Gasteiger partial charge is 0.326 e. The first kappa shape index (κ1) is 15.0. The van der Waals surface area contributed by atoms with Gasteiger partial charge in [0.25, 0.3) is 11.5 Å². The molecule has 2 heterocycles. The maximum atomic E-state index is 12.3. The van der Waals surface area contributed by atoms with Crippen molar-refractivity contribution in [3.8, 4) is 0 Å². The van der Waals surface area contributed by atoms with Gasteiger partial charge in [0.05, 0.1) is 5.41 Å². The van der Waals surface area contributed by atoms with Crippen molar-refractivity contribution in [1.82, 2.24) is 14.9 Å². The Balaban J connectivity index is 2.24. The lowest BCUT2D eigenvalue weighted by Crippen LogP contribution is -2.38. The Morgan fingerprint density at radius 1 is 1.38 bits per heavy atom. The molecule has 1 aromatic heterocycles. The third kappa shape index (κ3) is 2.88. The number of rotatable bonds is 4. The van der Waals surface area contributed by atoms with Crippen molar-refractivity contribution in [3.63, 3.8) is 0 Å². The molecule has 1 atom stereocenters. The van der Waals surface area contributed by atoms with Gasteiger partial charge < -0.3 is 15.0 Å². The lowest BCUT2D eigenvalue weighted by molar-refractivity contribution is -0.148. The summed E-state index contributed by atoms with van der Waals surface area (Å²) in [6.45, 7) is 2.27. The second-order valence-corrected chi connectivity index (χ2v) is 5.31. The third-order valence-corrected chi connectivity index (χ3v) is 3.81. The molecule has 3 N–H and O–H groups in total. The summed E-state index contributed by atoms with van der Waals surface area (Å²) in [7, 11) is 0. The fraction of sp³-hybridized carbons (Fsp3) is 0.538. The normalized spacial score (nSPS) is 21.5. The number of hydrogen-bond acceptors (Lipinski definition) is 4. The second kappa shape index (κ2) is 5.55. The van der Waals surface area contributed by atoms with Crippen molar-refractivity contribution in [3.05, 3.63) is 32.6 Å². The number of H-pyrrole nitrogens is 2. The summed E-state index contributed by atoms with van der Waals surface area (Å²) in [4.78, 5) is 51.8. The molecular weight excluding hydrogens is 278 g/mol. The number of carboxylic acid groups (broad SMARTS) is 1. The molecule has 1 amide bonds. The van der Waals surface area contributed by atoms with Crippen LogP contribution < -0.4 is 11.2 Å². The maximum absolute atomic E-state index is 12.3. The van der Waals surface area contributed by atoms with Crippen LogP contribution in [0, 0.1) is 5.41 Å². The molecule has 0 spiro atoms. The predicted molar refractivity (Wildman–Crippen MR) is 73.2 cm³/mol. The summed E-state index contributed by atoms with van der Waals surface area (Å²) in [6.07, 6.45) is 1.56. The molecule has 1 unspecified atom stereocenters. The number of aromatic amines is 2. The number of carbonyl (C=O) groups is 2. The van der Waals surface area contributed by atoms with Gasteiger partial charge in [0, 0.05) is 19.2 Å². The van der Waals surface area contributed by atoms with Crippen LogP contribution in [0.1, 0.15) is 36.7 Å². The van der Waals surface area contributed by atoms with Crippen molar-refractivity contribution in [2.75, 3.05) is 13.1 Å². The minimum absolute atomic E-state index is 0.0871. The summed E-state index contributed by atoms with van der Waals surface area (Å²) in [5.74, 6) is -1.45. The first-order valence-corrected chi connectivity index (χ1v) is 6.74. The SMILES string of the molecule is CCCC1(C(=O)O)CCN(C(=O)c2cc(=O)[nH]c(=O)[nH]2)C1. The van der Waals surface area contributed by atoms with E-state index in [-0.39, 0.29) is 12.2 Å². The van der Waals surface area contributed by atoms with Gasteiger partial charge in [-0.1, -0.05) is 13.3 Å². The van der Waals surface area contributed by atoms with Crippen LogP contribution in [0.15, 0.2) is 15.7 Å². The van der Waals surface area contributed by atoms with Crippen molar-refractivity contribution in [2.24, 2.45) is 5.41 Å². The standard InChI is InChI=1S/C13H17N3O5/c1-2-3-13(11(19)20)4-5-16(7-13)10(18)8-6-9(17)15-12(21)14-8/h6H,2-5,7H2,1H3,(H,19,20)(H2,14,15,17,21). The molecule has 1 fully saturated rings. The van der Waals surface area contributed by atoms with Gasteiger partial charge in [0.1, 0.15) is 5.69 Å². The van der Waals surface area contributed by atoms with Crippen LogP contribution >= 0.6 is 0 Å². The van der Waals surface area contributed by atoms with Crippen molar-refractivity contribution >= 4 is 11.9 Å². The van der Waals surface area contributed by atoms with E-state index in [9.17, 15) is 24.3 Å². The molecule has 114 valence electrons. The highest BCUT2D eigenvalue weighted by Gasteiger charge is 2.45. The average Bonchev–Trinajstić information content (AvgIpc) is 2.83. The van der Waals surface area contributed by atoms with E-state index >= 15 is 0 Å². The Labute approximate surface area is 119 Å². The fourth-order valence-electron chi connectivity index (χ4n) is 2.76. The Kier molecular flexibility index (Phi) is 3.97. The largest absolute Gasteiger partial charge is 0.481 e. The molecule has 0 aliphatic carbocycles. The topological polar surface area (TPSA) is 123 Å². The Morgan fingerprint density at radius 3 is 2.67 bits per heavy atom. The Bertz CT molecular complexity index is 649. The fourth-order valence-corrected chi connectivity index (χ4v) is 2.76. The number of aromatic nitrogens is 2. The Morgan fingerprint density at radius 2 is 2.10 bits per heavy atom. The summed E-state index contributed by atoms with van der Waals surface area (Å²) in [5, 5.41) is 9.40. The predicted octanol–water partition coefficient (Wildman–Crippen LogP) is -0.220. The molecule has 0 aromatic carbocycles. The molecule has 0 saturated carbocycles. The van der Waals surface area contributed by atoms with E-state index in [0.717, 1.165) is 6.07 Å². The van der Waals surface area contributed by atoms with Crippen LogP contribution in [-0.2, 0) is 4.79 Å². The Hall–Kier alpha value is -2.38. The number of hydrogen-bond donors (Lipinski definition) is 3. The molecule has 1 aliphatic heterocycles. The molecule has 1 saturated heterocycles. The van der Waals surface area contributed by atoms with Gasteiger partial charge in [-0.3, -0.25) is 19.4 Å². The minimum Gasteiger partial charge on any atom is -0.481 e. The number of likely N-dealkylation sites (tertiary alicyclic amines) is 1. The van der Waals surface area contributed by atoms with Crippen LogP contribution in [-0.4, -0.2) is 44.9 Å².